The first-order chi connectivity index (χ1) is 9.78. The Kier molecular flexibility index (Phi) is 3.64. The van der Waals surface area contributed by atoms with E-state index >= 15 is 0 Å². The molecule has 1 amide bonds. The third kappa shape index (κ3) is 2.80. The molecule has 1 unspecified atom stereocenters. The Balaban J connectivity index is 1.75. The molecule has 20 heavy (non-hydrogen) atoms. The van der Waals surface area contributed by atoms with E-state index in [1.54, 1.807) is 12.1 Å². The highest BCUT2D eigenvalue weighted by atomic mass is 16.5. The summed E-state index contributed by atoms with van der Waals surface area (Å²) < 4.78 is 5.42. The lowest BCUT2D eigenvalue weighted by Gasteiger charge is -2.35. The molecule has 1 atom stereocenters. The Morgan fingerprint density at radius 2 is 2.30 bits per heavy atom. The summed E-state index contributed by atoms with van der Waals surface area (Å²) in [6.07, 6.45) is 4.40. The minimum atomic E-state index is -0.348. The molecular formula is C14H17N3O3. The molecule has 1 aromatic rings. The summed E-state index contributed by atoms with van der Waals surface area (Å²) in [5, 5.41) is 3.00. The number of amides is 1. The van der Waals surface area contributed by atoms with Gasteiger partial charge in [0.25, 0.3) is 0 Å². The summed E-state index contributed by atoms with van der Waals surface area (Å²) in [5.74, 6) is 0.698. The van der Waals surface area contributed by atoms with E-state index in [0.29, 0.717) is 37.2 Å². The molecule has 1 aliphatic heterocycles. The van der Waals surface area contributed by atoms with Crippen LogP contribution in [0.2, 0.25) is 0 Å². The van der Waals surface area contributed by atoms with Gasteiger partial charge >= 0.3 is 0 Å². The molecule has 106 valence electrons. The maximum absolute atomic E-state index is 12.2. The van der Waals surface area contributed by atoms with Gasteiger partial charge in [-0.1, -0.05) is 0 Å². The molecular weight excluding hydrogens is 258 g/mol. The minimum absolute atomic E-state index is 0.00605. The zero-order chi connectivity index (χ0) is 13.9. The van der Waals surface area contributed by atoms with Gasteiger partial charge in [0, 0.05) is 24.3 Å². The Hall–Kier alpha value is -1.95. The fourth-order valence-electron chi connectivity index (χ4n) is 2.26. The van der Waals surface area contributed by atoms with E-state index < -0.39 is 0 Å². The Bertz CT molecular complexity index is 499. The fraction of sp³-hybridized carbons (Fsp3) is 0.500. The lowest BCUT2D eigenvalue weighted by Crippen LogP contribution is -2.54. The average Bonchev–Trinajstić information content (AvgIpc) is 3.31. The third-order valence-electron chi connectivity index (χ3n) is 3.56. The molecule has 2 fully saturated rings. The molecule has 0 bridgehead atoms. The van der Waals surface area contributed by atoms with Crippen molar-refractivity contribution in [2.24, 2.45) is 0 Å². The van der Waals surface area contributed by atoms with Crippen molar-refractivity contribution in [1.29, 1.82) is 0 Å². The number of aldehydes is 1. The first-order valence-electron chi connectivity index (χ1n) is 6.84. The van der Waals surface area contributed by atoms with Crippen LogP contribution in [0.5, 0.6) is 0 Å². The fourth-order valence-corrected chi connectivity index (χ4v) is 2.26. The maximum atomic E-state index is 12.2. The van der Waals surface area contributed by atoms with Crippen LogP contribution in [-0.4, -0.2) is 49.0 Å². The van der Waals surface area contributed by atoms with E-state index in [-0.39, 0.29) is 11.9 Å². The Morgan fingerprint density at radius 1 is 1.45 bits per heavy atom. The SMILES string of the molecule is O=Cc1ccc(N2CCOCC2C(=O)NC2CC2)nc1. The largest absolute Gasteiger partial charge is 0.377 e. The molecule has 0 spiro atoms. The maximum Gasteiger partial charge on any atom is 0.245 e. The van der Waals surface area contributed by atoms with Gasteiger partial charge in [0.1, 0.15) is 11.9 Å². The molecule has 0 aromatic carbocycles. The lowest BCUT2D eigenvalue weighted by atomic mass is 10.2. The second kappa shape index (κ2) is 5.58. The van der Waals surface area contributed by atoms with E-state index in [9.17, 15) is 9.59 Å². The Morgan fingerprint density at radius 3 is 2.95 bits per heavy atom. The number of anilines is 1. The van der Waals surface area contributed by atoms with Crippen LogP contribution in [0, 0.1) is 0 Å². The predicted octanol–water partition coefficient (Wildman–Crippen LogP) is 0.378. The number of carbonyl (C=O) groups excluding carboxylic acids is 2. The number of carbonyl (C=O) groups is 2. The van der Waals surface area contributed by atoms with Crippen LogP contribution >= 0.6 is 0 Å². The number of nitrogens with one attached hydrogen (secondary N) is 1. The number of morpholine rings is 1. The van der Waals surface area contributed by atoms with Crippen molar-refractivity contribution in [3.63, 3.8) is 0 Å². The van der Waals surface area contributed by atoms with E-state index in [1.165, 1.54) is 6.20 Å². The van der Waals surface area contributed by atoms with E-state index in [1.807, 2.05) is 4.90 Å². The highest BCUT2D eigenvalue weighted by Crippen LogP contribution is 2.21. The molecule has 6 heteroatoms. The average molecular weight is 275 g/mol. The minimum Gasteiger partial charge on any atom is -0.377 e. The van der Waals surface area contributed by atoms with Crippen molar-refractivity contribution in [1.82, 2.24) is 10.3 Å². The Labute approximate surface area is 117 Å². The van der Waals surface area contributed by atoms with Crippen molar-refractivity contribution >= 4 is 18.0 Å². The number of ether oxygens (including phenoxy) is 1. The molecule has 1 saturated carbocycles. The smallest absolute Gasteiger partial charge is 0.245 e. The molecule has 2 aliphatic rings. The van der Waals surface area contributed by atoms with Crippen LogP contribution in [0.1, 0.15) is 23.2 Å². The summed E-state index contributed by atoms with van der Waals surface area (Å²) in [7, 11) is 0. The van der Waals surface area contributed by atoms with Gasteiger partial charge in [-0.25, -0.2) is 4.98 Å². The van der Waals surface area contributed by atoms with Gasteiger partial charge in [0.05, 0.1) is 13.2 Å². The van der Waals surface area contributed by atoms with Gasteiger partial charge in [-0.05, 0) is 25.0 Å². The van der Waals surface area contributed by atoms with Crippen LogP contribution in [-0.2, 0) is 9.53 Å². The van der Waals surface area contributed by atoms with Gasteiger partial charge in [0.2, 0.25) is 5.91 Å². The summed E-state index contributed by atoms with van der Waals surface area (Å²) in [6, 6.07) is 3.46. The van der Waals surface area contributed by atoms with Gasteiger partial charge in [-0.3, -0.25) is 9.59 Å². The highest BCUT2D eigenvalue weighted by Gasteiger charge is 2.33. The normalized spacial score (nSPS) is 22.4. The lowest BCUT2D eigenvalue weighted by molar-refractivity contribution is -0.124. The zero-order valence-electron chi connectivity index (χ0n) is 11.1. The van der Waals surface area contributed by atoms with Crippen molar-refractivity contribution in [2.45, 2.75) is 24.9 Å². The second-order valence-corrected chi connectivity index (χ2v) is 5.13. The highest BCUT2D eigenvalue weighted by molar-refractivity contribution is 5.86. The quantitative estimate of drug-likeness (QED) is 0.804. The van der Waals surface area contributed by atoms with Crippen molar-refractivity contribution in [3.8, 4) is 0 Å². The van der Waals surface area contributed by atoms with Crippen LogP contribution in [0.4, 0.5) is 5.82 Å². The summed E-state index contributed by atoms with van der Waals surface area (Å²) in [5.41, 5.74) is 0.529. The summed E-state index contributed by atoms with van der Waals surface area (Å²) in [6.45, 7) is 1.57. The molecule has 3 rings (SSSR count). The molecule has 1 saturated heterocycles. The van der Waals surface area contributed by atoms with Crippen LogP contribution in [0.15, 0.2) is 18.3 Å². The van der Waals surface area contributed by atoms with E-state index in [2.05, 4.69) is 10.3 Å². The number of rotatable bonds is 4. The third-order valence-corrected chi connectivity index (χ3v) is 3.56. The number of nitrogens with zero attached hydrogens (tertiary/aromatic N) is 2. The first-order valence-corrected chi connectivity index (χ1v) is 6.84. The standard InChI is InChI=1S/C14H17N3O3/c18-8-10-1-4-13(15-7-10)17-5-6-20-9-12(17)14(19)16-11-2-3-11/h1,4,7-8,11-12H,2-3,5-6,9H2,(H,16,19). The van der Waals surface area contributed by atoms with Crippen LogP contribution in [0.3, 0.4) is 0 Å². The van der Waals surface area contributed by atoms with Gasteiger partial charge < -0.3 is 15.0 Å². The molecule has 6 nitrogen and oxygen atoms in total. The summed E-state index contributed by atoms with van der Waals surface area (Å²) >= 11 is 0. The van der Waals surface area contributed by atoms with Gasteiger partial charge in [-0.15, -0.1) is 0 Å². The molecule has 1 N–H and O–H groups in total. The molecule has 1 aliphatic carbocycles. The summed E-state index contributed by atoms with van der Waals surface area (Å²) in [4.78, 5) is 29.1. The van der Waals surface area contributed by atoms with E-state index in [4.69, 9.17) is 4.74 Å². The van der Waals surface area contributed by atoms with Crippen LogP contribution in [0.25, 0.3) is 0 Å². The number of aromatic nitrogens is 1. The predicted molar refractivity (Wildman–Crippen MR) is 72.7 cm³/mol. The molecule has 2 heterocycles. The van der Waals surface area contributed by atoms with E-state index in [0.717, 1.165) is 19.1 Å². The number of pyridine rings is 1. The monoisotopic (exact) mass is 275 g/mol. The molecule has 1 aromatic heterocycles. The topological polar surface area (TPSA) is 71.5 Å². The van der Waals surface area contributed by atoms with Crippen molar-refractivity contribution in [2.75, 3.05) is 24.7 Å². The first kappa shape index (κ1) is 13.1. The second-order valence-electron chi connectivity index (χ2n) is 5.13. The van der Waals surface area contributed by atoms with Gasteiger partial charge in [0.15, 0.2) is 6.29 Å². The zero-order valence-corrected chi connectivity index (χ0v) is 11.1. The molecule has 0 radical (unpaired) electrons. The van der Waals surface area contributed by atoms with Crippen molar-refractivity contribution in [3.05, 3.63) is 23.9 Å². The van der Waals surface area contributed by atoms with Gasteiger partial charge in [-0.2, -0.15) is 0 Å². The number of hydrogen-bond acceptors (Lipinski definition) is 5. The number of hydrogen-bond donors (Lipinski definition) is 1. The van der Waals surface area contributed by atoms with Crippen molar-refractivity contribution < 1.29 is 14.3 Å². The van der Waals surface area contributed by atoms with Crippen LogP contribution < -0.4 is 10.2 Å².